The summed E-state index contributed by atoms with van der Waals surface area (Å²) < 4.78 is 0. The molecule has 0 radical (unpaired) electrons. The molecule has 1 atom stereocenters. The second-order valence-electron chi connectivity index (χ2n) is 7.56. The Morgan fingerprint density at radius 2 is 1.78 bits per heavy atom. The van der Waals surface area contributed by atoms with Crippen LogP contribution in [0.25, 0.3) is 0 Å². The molecular formula is C17H34ClN3O2. The standard InChI is InChI=1S/C17H33N3O2.ClH/c1-6-7-10-19(5)15(21)13-8-11-20(12-9-13)16(22)14(18)17(2,3)4;/h13-14H,6-12,18H2,1-5H3;1H/t14-;/m1./s1. The van der Waals surface area contributed by atoms with Gasteiger partial charge in [0.05, 0.1) is 6.04 Å². The predicted molar refractivity (Wildman–Crippen MR) is 96.5 cm³/mol. The molecule has 0 spiro atoms. The molecule has 136 valence electrons. The molecule has 1 rings (SSSR count). The first-order valence-electron chi connectivity index (χ1n) is 8.47. The summed E-state index contributed by atoms with van der Waals surface area (Å²) in [4.78, 5) is 28.4. The molecule has 2 N–H and O–H groups in total. The lowest BCUT2D eigenvalue weighted by molar-refractivity contribution is -0.141. The van der Waals surface area contributed by atoms with E-state index in [0.717, 1.165) is 32.2 Å². The minimum Gasteiger partial charge on any atom is -0.346 e. The van der Waals surface area contributed by atoms with Crippen molar-refractivity contribution in [3.63, 3.8) is 0 Å². The summed E-state index contributed by atoms with van der Waals surface area (Å²) in [7, 11) is 1.88. The SMILES string of the molecule is CCCCN(C)C(=O)C1CCN(C(=O)[C@@H](N)C(C)(C)C)CC1.Cl. The predicted octanol–water partition coefficient (Wildman–Crippen LogP) is 2.28. The Balaban J connectivity index is 0.00000484. The summed E-state index contributed by atoms with van der Waals surface area (Å²) >= 11 is 0. The normalized spacial score (nSPS) is 17.4. The molecule has 0 aromatic carbocycles. The van der Waals surface area contributed by atoms with Crippen LogP contribution in [0.3, 0.4) is 0 Å². The van der Waals surface area contributed by atoms with Crippen LogP contribution in [0, 0.1) is 11.3 Å². The molecule has 1 heterocycles. The molecule has 23 heavy (non-hydrogen) atoms. The number of rotatable bonds is 5. The molecule has 0 aromatic rings. The Morgan fingerprint density at radius 3 is 2.22 bits per heavy atom. The van der Waals surface area contributed by atoms with E-state index in [1.54, 1.807) is 0 Å². The van der Waals surface area contributed by atoms with Crippen molar-refractivity contribution in [3.8, 4) is 0 Å². The first kappa shape index (κ1) is 22.2. The van der Waals surface area contributed by atoms with E-state index in [2.05, 4.69) is 6.92 Å². The van der Waals surface area contributed by atoms with Crippen LogP contribution < -0.4 is 5.73 Å². The van der Waals surface area contributed by atoms with Crippen LogP contribution in [-0.2, 0) is 9.59 Å². The molecule has 1 saturated heterocycles. The molecule has 1 fully saturated rings. The highest BCUT2D eigenvalue weighted by Crippen LogP contribution is 2.23. The van der Waals surface area contributed by atoms with E-state index in [1.165, 1.54) is 0 Å². The Bertz CT molecular complexity index is 388. The molecule has 1 aliphatic heterocycles. The van der Waals surface area contributed by atoms with Gasteiger partial charge in [-0.2, -0.15) is 0 Å². The molecule has 6 heteroatoms. The Labute approximate surface area is 147 Å². The largest absolute Gasteiger partial charge is 0.346 e. The smallest absolute Gasteiger partial charge is 0.240 e. The van der Waals surface area contributed by atoms with Crippen molar-refractivity contribution in [1.82, 2.24) is 9.80 Å². The lowest BCUT2D eigenvalue weighted by Gasteiger charge is -2.37. The maximum absolute atomic E-state index is 12.4. The molecular weight excluding hydrogens is 314 g/mol. The fraction of sp³-hybridized carbons (Fsp3) is 0.882. The zero-order chi connectivity index (χ0) is 16.9. The summed E-state index contributed by atoms with van der Waals surface area (Å²) in [6.45, 7) is 10.2. The third-order valence-corrected chi connectivity index (χ3v) is 4.58. The highest BCUT2D eigenvalue weighted by atomic mass is 35.5. The number of hydrogen-bond acceptors (Lipinski definition) is 3. The van der Waals surface area contributed by atoms with Gasteiger partial charge in [0, 0.05) is 32.6 Å². The Kier molecular flexibility index (Phi) is 9.14. The summed E-state index contributed by atoms with van der Waals surface area (Å²) in [5.74, 6) is 0.287. The van der Waals surface area contributed by atoms with Crippen LogP contribution in [0.1, 0.15) is 53.4 Å². The van der Waals surface area contributed by atoms with Gasteiger partial charge in [0.1, 0.15) is 0 Å². The number of unbranched alkanes of at least 4 members (excludes halogenated alkanes) is 1. The average Bonchev–Trinajstić information content (AvgIpc) is 2.49. The third-order valence-electron chi connectivity index (χ3n) is 4.58. The van der Waals surface area contributed by atoms with Crippen molar-refractivity contribution in [3.05, 3.63) is 0 Å². The summed E-state index contributed by atoms with van der Waals surface area (Å²) in [6, 6.07) is -0.480. The van der Waals surface area contributed by atoms with Crippen molar-refractivity contribution in [1.29, 1.82) is 0 Å². The quantitative estimate of drug-likeness (QED) is 0.829. The van der Waals surface area contributed by atoms with E-state index in [9.17, 15) is 9.59 Å². The zero-order valence-electron chi connectivity index (χ0n) is 15.3. The molecule has 0 aliphatic carbocycles. The van der Waals surface area contributed by atoms with E-state index < -0.39 is 6.04 Å². The number of piperidine rings is 1. The number of nitrogens with zero attached hydrogens (tertiary/aromatic N) is 2. The second kappa shape index (κ2) is 9.48. The van der Waals surface area contributed by atoms with Gasteiger partial charge in [-0.25, -0.2) is 0 Å². The first-order valence-corrected chi connectivity index (χ1v) is 8.47. The minimum absolute atomic E-state index is 0. The Morgan fingerprint density at radius 1 is 1.26 bits per heavy atom. The number of halogens is 1. The van der Waals surface area contributed by atoms with Crippen LogP contribution in [0.15, 0.2) is 0 Å². The maximum Gasteiger partial charge on any atom is 0.240 e. The van der Waals surface area contributed by atoms with E-state index >= 15 is 0 Å². The number of amides is 2. The van der Waals surface area contributed by atoms with E-state index in [0.29, 0.717) is 13.1 Å². The number of hydrogen-bond donors (Lipinski definition) is 1. The van der Waals surface area contributed by atoms with Crippen LogP contribution >= 0.6 is 12.4 Å². The van der Waals surface area contributed by atoms with Gasteiger partial charge in [-0.1, -0.05) is 34.1 Å². The van der Waals surface area contributed by atoms with Gasteiger partial charge in [0.25, 0.3) is 0 Å². The topological polar surface area (TPSA) is 66.6 Å². The number of likely N-dealkylation sites (tertiary alicyclic amines) is 1. The molecule has 0 unspecified atom stereocenters. The lowest BCUT2D eigenvalue weighted by atomic mass is 9.85. The fourth-order valence-electron chi connectivity index (χ4n) is 2.73. The van der Waals surface area contributed by atoms with Crippen LogP contribution in [0.4, 0.5) is 0 Å². The van der Waals surface area contributed by atoms with Crippen LogP contribution in [0.5, 0.6) is 0 Å². The van der Waals surface area contributed by atoms with Gasteiger partial charge in [-0.15, -0.1) is 12.4 Å². The average molecular weight is 348 g/mol. The summed E-state index contributed by atoms with van der Waals surface area (Å²) in [5.41, 5.74) is 5.82. The molecule has 0 aromatic heterocycles. The number of nitrogens with two attached hydrogens (primary N) is 1. The van der Waals surface area contributed by atoms with Gasteiger partial charge >= 0.3 is 0 Å². The molecule has 5 nitrogen and oxygen atoms in total. The highest BCUT2D eigenvalue weighted by molar-refractivity contribution is 5.85. The molecule has 1 aliphatic rings. The van der Waals surface area contributed by atoms with Gasteiger partial charge in [-0.05, 0) is 24.7 Å². The first-order chi connectivity index (χ1) is 10.2. The number of carbonyl (C=O) groups is 2. The summed E-state index contributed by atoms with van der Waals surface area (Å²) in [6.07, 6.45) is 3.63. The van der Waals surface area contributed by atoms with Crippen LogP contribution in [0.2, 0.25) is 0 Å². The Hall–Kier alpha value is -0.810. The number of carbonyl (C=O) groups excluding carboxylic acids is 2. The summed E-state index contributed by atoms with van der Waals surface area (Å²) in [5, 5.41) is 0. The fourth-order valence-corrected chi connectivity index (χ4v) is 2.73. The van der Waals surface area contributed by atoms with E-state index in [-0.39, 0.29) is 35.6 Å². The van der Waals surface area contributed by atoms with Crippen LogP contribution in [-0.4, -0.2) is 54.3 Å². The maximum atomic E-state index is 12.4. The van der Waals surface area contributed by atoms with Crippen molar-refractivity contribution in [2.45, 2.75) is 59.4 Å². The minimum atomic E-state index is -0.480. The molecule has 0 bridgehead atoms. The van der Waals surface area contributed by atoms with Crippen molar-refractivity contribution in [2.24, 2.45) is 17.1 Å². The van der Waals surface area contributed by atoms with Crippen molar-refractivity contribution in [2.75, 3.05) is 26.7 Å². The van der Waals surface area contributed by atoms with Crippen molar-refractivity contribution >= 4 is 24.2 Å². The van der Waals surface area contributed by atoms with Crippen molar-refractivity contribution < 1.29 is 9.59 Å². The monoisotopic (exact) mass is 347 g/mol. The van der Waals surface area contributed by atoms with E-state index in [1.807, 2.05) is 37.6 Å². The zero-order valence-corrected chi connectivity index (χ0v) is 16.1. The lowest BCUT2D eigenvalue weighted by Crippen LogP contribution is -2.53. The van der Waals surface area contributed by atoms with Gasteiger partial charge < -0.3 is 15.5 Å². The second-order valence-corrected chi connectivity index (χ2v) is 7.56. The third kappa shape index (κ3) is 6.30. The highest BCUT2D eigenvalue weighted by Gasteiger charge is 2.34. The van der Waals surface area contributed by atoms with Gasteiger partial charge in [-0.3, -0.25) is 9.59 Å². The molecule has 0 saturated carbocycles. The van der Waals surface area contributed by atoms with E-state index in [4.69, 9.17) is 5.73 Å². The molecule has 2 amide bonds. The van der Waals surface area contributed by atoms with Gasteiger partial charge in [0.15, 0.2) is 0 Å². The van der Waals surface area contributed by atoms with Gasteiger partial charge in [0.2, 0.25) is 11.8 Å².